The Morgan fingerprint density at radius 3 is 2.41 bits per heavy atom. The van der Waals surface area contributed by atoms with E-state index in [4.69, 9.17) is 4.74 Å². The Balaban J connectivity index is 2.13. The summed E-state index contributed by atoms with van der Waals surface area (Å²) in [6, 6.07) is 10.7. The lowest BCUT2D eigenvalue weighted by molar-refractivity contribution is -0.274. The van der Waals surface area contributed by atoms with Crippen molar-refractivity contribution in [2.45, 2.75) is 18.2 Å². The quantitative estimate of drug-likeness (QED) is 0.758. The molecule has 0 amide bonds. The highest BCUT2D eigenvalue weighted by atomic mass is 32.1. The Bertz CT molecular complexity index is 705. The van der Waals surface area contributed by atoms with Gasteiger partial charge in [0.1, 0.15) is 0 Å². The largest absolute Gasteiger partial charge is 0.441 e. The lowest BCUT2D eigenvalue weighted by Gasteiger charge is -2.38. The predicted octanol–water partition coefficient (Wildman–Crippen LogP) is 4.54. The van der Waals surface area contributed by atoms with Gasteiger partial charge in [-0.2, -0.15) is 13.2 Å². The molecule has 22 heavy (non-hydrogen) atoms. The van der Waals surface area contributed by atoms with E-state index in [-0.39, 0.29) is 5.56 Å². The highest BCUT2D eigenvalue weighted by Gasteiger charge is 2.60. The lowest BCUT2D eigenvalue weighted by atomic mass is 9.84. The fourth-order valence-electron chi connectivity index (χ4n) is 2.51. The van der Waals surface area contributed by atoms with Gasteiger partial charge in [0.25, 0.3) is 0 Å². The smallest absolute Gasteiger partial charge is 0.433 e. The zero-order valence-corrected chi connectivity index (χ0v) is 12.1. The van der Waals surface area contributed by atoms with E-state index in [9.17, 15) is 18.0 Å². The monoisotopic (exact) mass is 324 g/mol. The summed E-state index contributed by atoms with van der Waals surface area (Å²) < 4.78 is 46.1. The second-order valence-corrected chi connectivity index (χ2v) is 5.88. The van der Waals surface area contributed by atoms with Crippen molar-refractivity contribution >= 4 is 22.9 Å². The summed E-state index contributed by atoms with van der Waals surface area (Å²) in [4.78, 5) is 12.5. The van der Waals surface area contributed by atoms with Crippen molar-refractivity contribution < 1.29 is 22.7 Å². The van der Waals surface area contributed by atoms with Gasteiger partial charge in [-0.1, -0.05) is 36.4 Å². The first-order valence-electron chi connectivity index (χ1n) is 6.52. The Kier molecular flexibility index (Phi) is 3.56. The molecule has 0 spiro atoms. The van der Waals surface area contributed by atoms with Crippen LogP contribution in [0.3, 0.4) is 0 Å². The molecule has 0 unspecified atom stereocenters. The molecule has 1 aliphatic heterocycles. The summed E-state index contributed by atoms with van der Waals surface area (Å²) >= 11 is 1.29. The number of ether oxygens (including phenoxy) is 1. The van der Waals surface area contributed by atoms with Crippen LogP contribution in [0.2, 0.25) is 0 Å². The van der Waals surface area contributed by atoms with Gasteiger partial charge in [0.05, 0.1) is 0 Å². The minimum Gasteiger partial charge on any atom is -0.441 e. The van der Waals surface area contributed by atoms with Crippen LogP contribution >= 0.6 is 11.3 Å². The number of hydrogen-bond donors (Lipinski definition) is 0. The van der Waals surface area contributed by atoms with Crippen molar-refractivity contribution in [1.29, 1.82) is 0 Å². The molecule has 1 aromatic heterocycles. The van der Waals surface area contributed by atoms with Gasteiger partial charge in [-0.3, -0.25) is 0 Å². The number of alkyl halides is 3. The molecule has 2 nitrogen and oxygen atoms in total. The fraction of sp³-hybridized carbons (Fsp3) is 0.188. The highest BCUT2D eigenvalue weighted by molar-refractivity contribution is 7.11. The molecule has 0 aliphatic carbocycles. The van der Waals surface area contributed by atoms with Crippen LogP contribution in [0.15, 0.2) is 53.9 Å². The minimum absolute atomic E-state index is 0.0713. The first-order valence-corrected chi connectivity index (χ1v) is 7.40. The summed E-state index contributed by atoms with van der Waals surface area (Å²) in [5, 5.41) is 1.76. The molecule has 2 aromatic rings. The number of carbonyl (C=O) groups excluding carboxylic acids is 1. The maximum Gasteiger partial charge on any atom is 0.433 e. The van der Waals surface area contributed by atoms with E-state index in [1.165, 1.54) is 35.6 Å². The van der Waals surface area contributed by atoms with E-state index < -0.39 is 24.2 Å². The number of carbonyl (C=O) groups is 1. The first kappa shape index (κ1) is 14.8. The summed E-state index contributed by atoms with van der Waals surface area (Å²) in [6.07, 6.45) is -3.99. The molecular formula is C16H11F3O2S. The predicted molar refractivity (Wildman–Crippen MR) is 77.2 cm³/mol. The molecule has 6 heteroatoms. The van der Waals surface area contributed by atoms with Crippen molar-refractivity contribution in [3.8, 4) is 0 Å². The van der Waals surface area contributed by atoms with Crippen LogP contribution < -0.4 is 0 Å². The highest BCUT2D eigenvalue weighted by Crippen LogP contribution is 2.50. The van der Waals surface area contributed by atoms with E-state index in [1.54, 1.807) is 23.6 Å². The second-order valence-electron chi connectivity index (χ2n) is 4.94. The number of esters is 1. The minimum atomic E-state index is -4.71. The van der Waals surface area contributed by atoms with Gasteiger partial charge in [0, 0.05) is 22.9 Å². The number of benzene rings is 1. The molecule has 0 radical (unpaired) electrons. The van der Waals surface area contributed by atoms with Gasteiger partial charge in [-0.25, -0.2) is 4.79 Å². The summed E-state index contributed by atoms with van der Waals surface area (Å²) in [5.74, 6) is -0.976. The van der Waals surface area contributed by atoms with Crippen LogP contribution in [0.4, 0.5) is 13.2 Å². The van der Waals surface area contributed by atoms with Crippen molar-refractivity contribution in [1.82, 2.24) is 0 Å². The molecule has 1 atom stereocenters. The van der Waals surface area contributed by atoms with Crippen LogP contribution in [0.5, 0.6) is 0 Å². The van der Waals surface area contributed by atoms with Crippen LogP contribution in [-0.2, 0) is 15.1 Å². The van der Waals surface area contributed by atoms with Crippen LogP contribution in [0, 0.1) is 0 Å². The Morgan fingerprint density at radius 2 is 1.82 bits per heavy atom. The molecule has 0 fully saturated rings. The zero-order valence-electron chi connectivity index (χ0n) is 11.3. The molecule has 114 valence electrons. The SMILES string of the molecule is O=C1C=C(c2cccs2)C[C@@](c2ccccc2)(C(F)(F)F)O1. The molecular weight excluding hydrogens is 313 g/mol. The van der Waals surface area contributed by atoms with Crippen molar-refractivity contribution in [2.24, 2.45) is 0 Å². The number of rotatable bonds is 2. The third kappa shape index (κ3) is 2.43. The Morgan fingerprint density at radius 1 is 1.09 bits per heavy atom. The summed E-state index contributed by atoms with van der Waals surface area (Å²) in [6.45, 7) is 0. The molecule has 0 N–H and O–H groups in total. The van der Waals surface area contributed by atoms with Gasteiger partial charge < -0.3 is 4.74 Å². The third-order valence-electron chi connectivity index (χ3n) is 3.54. The summed E-state index contributed by atoms with van der Waals surface area (Å²) in [7, 11) is 0. The topological polar surface area (TPSA) is 26.3 Å². The lowest BCUT2D eigenvalue weighted by Crippen LogP contribution is -2.48. The molecule has 1 aromatic carbocycles. The van der Waals surface area contributed by atoms with Crippen LogP contribution in [0.25, 0.3) is 5.57 Å². The van der Waals surface area contributed by atoms with Crippen molar-refractivity contribution in [2.75, 3.05) is 0 Å². The van der Waals surface area contributed by atoms with Gasteiger partial charge in [-0.15, -0.1) is 11.3 Å². The van der Waals surface area contributed by atoms with Gasteiger partial charge >= 0.3 is 12.1 Å². The molecule has 0 saturated carbocycles. The second kappa shape index (κ2) is 5.28. The fourth-order valence-corrected chi connectivity index (χ4v) is 3.25. The van der Waals surface area contributed by atoms with Crippen LogP contribution in [0.1, 0.15) is 16.9 Å². The van der Waals surface area contributed by atoms with E-state index in [1.807, 2.05) is 0 Å². The molecule has 0 bridgehead atoms. The summed E-state index contributed by atoms with van der Waals surface area (Å²) in [5.41, 5.74) is -2.37. The third-order valence-corrected chi connectivity index (χ3v) is 4.49. The molecule has 1 aliphatic rings. The normalized spacial score (nSPS) is 22.1. The molecule has 3 rings (SSSR count). The van der Waals surface area contributed by atoms with E-state index >= 15 is 0 Å². The van der Waals surface area contributed by atoms with Gasteiger partial charge in [0.15, 0.2) is 0 Å². The average Bonchev–Trinajstić information content (AvgIpc) is 3.00. The standard InChI is InChI=1S/C16H11F3O2S/c17-16(18,19)15(12-5-2-1-3-6-12)10-11(9-14(20)21-15)13-7-4-8-22-13/h1-9H,10H2/t15-/m1/s1. The van der Waals surface area contributed by atoms with Crippen molar-refractivity contribution in [3.05, 3.63) is 64.4 Å². The maximum absolute atomic E-state index is 13.8. The molecule has 0 saturated heterocycles. The van der Waals surface area contributed by atoms with E-state index in [2.05, 4.69) is 0 Å². The Labute approximate surface area is 128 Å². The van der Waals surface area contributed by atoms with Gasteiger partial charge in [-0.05, 0) is 17.0 Å². The first-order chi connectivity index (χ1) is 10.4. The maximum atomic E-state index is 13.8. The van der Waals surface area contributed by atoms with E-state index in [0.29, 0.717) is 10.5 Å². The number of thiophene rings is 1. The molecule has 2 heterocycles. The van der Waals surface area contributed by atoms with Crippen molar-refractivity contribution in [3.63, 3.8) is 0 Å². The van der Waals surface area contributed by atoms with Gasteiger partial charge in [0.2, 0.25) is 5.60 Å². The number of halogens is 3. The van der Waals surface area contributed by atoms with Crippen LogP contribution in [-0.4, -0.2) is 12.1 Å². The number of cyclic esters (lactones) is 1. The Hall–Kier alpha value is -2.08. The average molecular weight is 324 g/mol. The van der Waals surface area contributed by atoms with E-state index in [0.717, 1.165) is 6.08 Å². The number of hydrogen-bond acceptors (Lipinski definition) is 3. The zero-order chi connectivity index (χ0) is 15.8.